The standard InChI is InChI=1S/C13H16N2O3/c14-11-5-1-3-10(7-11)4-2-6-15-12(16)8-18-9-13(15)17/h1,3,5,7H,2,4,6,8-9,14H2. The van der Waals surface area contributed by atoms with Gasteiger partial charge in [0.05, 0.1) is 0 Å². The van der Waals surface area contributed by atoms with Crippen LogP contribution in [-0.4, -0.2) is 36.5 Å². The fraction of sp³-hybridized carbons (Fsp3) is 0.385. The zero-order valence-electron chi connectivity index (χ0n) is 10.1. The van der Waals surface area contributed by atoms with Crippen LogP contribution in [-0.2, 0) is 20.7 Å². The molecular formula is C13H16N2O3. The summed E-state index contributed by atoms with van der Waals surface area (Å²) in [6.45, 7) is 0.448. The van der Waals surface area contributed by atoms with Gasteiger partial charge in [0.1, 0.15) is 13.2 Å². The number of hydrogen-bond donors (Lipinski definition) is 1. The maximum absolute atomic E-state index is 11.5. The van der Waals surface area contributed by atoms with Crippen molar-refractivity contribution in [1.29, 1.82) is 0 Å². The number of nitrogens with zero attached hydrogens (tertiary/aromatic N) is 1. The fourth-order valence-corrected chi connectivity index (χ4v) is 1.96. The van der Waals surface area contributed by atoms with Crippen molar-refractivity contribution >= 4 is 17.5 Å². The van der Waals surface area contributed by atoms with Gasteiger partial charge in [0, 0.05) is 12.2 Å². The number of rotatable bonds is 4. The lowest BCUT2D eigenvalue weighted by molar-refractivity contribution is -0.158. The van der Waals surface area contributed by atoms with Crippen LogP contribution in [0.4, 0.5) is 5.69 Å². The summed E-state index contributed by atoms with van der Waals surface area (Å²) >= 11 is 0. The van der Waals surface area contributed by atoms with Crippen LogP contribution in [0.1, 0.15) is 12.0 Å². The van der Waals surface area contributed by atoms with Gasteiger partial charge >= 0.3 is 0 Å². The number of hydrogen-bond acceptors (Lipinski definition) is 4. The summed E-state index contributed by atoms with van der Waals surface area (Å²) in [5.74, 6) is -0.502. The fourth-order valence-electron chi connectivity index (χ4n) is 1.96. The number of morpholine rings is 1. The maximum atomic E-state index is 11.5. The Morgan fingerprint density at radius 1 is 1.22 bits per heavy atom. The summed E-state index contributed by atoms with van der Waals surface area (Å²) < 4.78 is 4.85. The molecule has 0 bridgehead atoms. The highest BCUT2D eigenvalue weighted by Gasteiger charge is 2.25. The van der Waals surface area contributed by atoms with Gasteiger partial charge in [-0.15, -0.1) is 0 Å². The molecule has 0 aliphatic carbocycles. The number of amides is 2. The molecule has 0 saturated carbocycles. The Morgan fingerprint density at radius 3 is 2.61 bits per heavy atom. The Morgan fingerprint density at radius 2 is 1.94 bits per heavy atom. The molecule has 1 aliphatic rings. The molecular weight excluding hydrogens is 232 g/mol. The predicted molar refractivity (Wildman–Crippen MR) is 66.7 cm³/mol. The van der Waals surface area contributed by atoms with Crippen LogP contribution < -0.4 is 5.73 Å². The van der Waals surface area contributed by atoms with E-state index >= 15 is 0 Å². The van der Waals surface area contributed by atoms with Gasteiger partial charge in [-0.3, -0.25) is 14.5 Å². The molecule has 1 fully saturated rings. The van der Waals surface area contributed by atoms with E-state index in [4.69, 9.17) is 10.5 Å². The lowest BCUT2D eigenvalue weighted by Crippen LogP contribution is -2.46. The van der Waals surface area contributed by atoms with Gasteiger partial charge in [0.2, 0.25) is 0 Å². The number of carbonyl (C=O) groups is 2. The molecule has 1 aromatic rings. The summed E-state index contributed by atoms with van der Waals surface area (Å²) in [5, 5.41) is 0. The van der Waals surface area contributed by atoms with Gasteiger partial charge in [0.25, 0.3) is 11.8 Å². The van der Waals surface area contributed by atoms with Crippen LogP contribution in [0, 0.1) is 0 Å². The van der Waals surface area contributed by atoms with Crippen LogP contribution in [0.5, 0.6) is 0 Å². The molecule has 18 heavy (non-hydrogen) atoms. The van der Waals surface area contributed by atoms with Gasteiger partial charge in [-0.2, -0.15) is 0 Å². The summed E-state index contributed by atoms with van der Waals surface area (Å²) in [6, 6.07) is 7.62. The molecule has 2 rings (SSSR count). The van der Waals surface area contributed by atoms with Crippen LogP contribution >= 0.6 is 0 Å². The average Bonchev–Trinajstić information content (AvgIpc) is 2.33. The molecule has 2 amide bonds. The van der Waals surface area contributed by atoms with Crippen molar-refractivity contribution in [2.45, 2.75) is 12.8 Å². The Bertz CT molecular complexity index is 443. The molecule has 1 saturated heterocycles. The number of nitrogens with two attached hydrogens (primary N) is 1. The van der Waals surface area contributed by atoms with E-state index in [0.717, 1.165) is 24.1 Å². The normalized spacial score (nSPS) is 16.1. The van der Waals surface area contributed by atoms with Crippen molar-refractivity contribution in [2.75, 3.05) is 25.5 Å². The largest absolute Gasteiger partial charge is 0.399 e. The van der Waals surface area contributed by atoms with Crippen LogP contribution in [0.15, 0.2) is 24.3 Å². The molecule has 1 aliphatic heterocycles. The van der Waals surface area contributed by atoms with E-state index in [1.54, 1.807) is 0 Å². The first kappa shape index (κ1) is 12.6. The lowest BCUT2D eigenvalue weighted by atomic mass is 10.1. The minimum Gasteiger partial charge on any atom is -0.399 e. The molecule has 0 aromatic heterocycles. The smallest absolute Gasteiger partial charge is 0.255 e. The second kappa shape index (κ2) is 5.64. The first-order valence-corrected chi connectivity index (χ1v) is 5.92. The molecule has 0 unspecified atom stereocenters. The monoisotopic (exact) mass is 248 g/mol. The van der Waals surface area contributed by atoms with Crippen molar-refractivity contribution in [1.82, 2.24) is 4.90 Å². The minimum atomic E-state index is -0.251. The van der Waals surface area contributed by atoms with E-state index in [1.807, 2.05) is 24.3 Å². The highest BCUT2D eigenvalue weighted by atomic mass is 16.5. The third-order valence-corrected chi connectivity index (χ3v) is 2.85. The molecule has 5 nitrogen and oxygen atoms in total. The molecule has 1 heterocycles. The number of ether oxygens (including phenoxy) is 1. The molecule has 2 N–H and O–H groups in total. The van der Waals surface area contributed by atoms with E-state index in [2.05, 4.69) is 0 Å². The predicted octanol–water partition coefficient (Wildman–Crippen LogP) is 0.587. The van der Waals surface area contributed by atoms with Crippen LogP contribution in [0.2, 0.25) is 0 Å². The van der Waals surface area contributed by atoms with Crippen molar-refractivity contribution < 1.29 is 14.3 Å². The van der Waals surface area contributed by atoms with Gasteiger partial charge in [-0.05, 0) is 30.5 Å². The number of nitrogen functional groups attached to an aromatic ring is 1. The maximum Gasteiger partial charge on any atom is 0.255 e. The second-order valence-electron chi connectivity index (χ2n) is 4.28. The number of benzene rings is 1. The Hall–Kier alpha value is -1.88. The van der Waals surface area contributed by atoms with Crippen molar-refractivity contribution in [3.05, 3.63) is 29.8 Å². The third kappa shape index (κ3) is 3.07. The molecule has 0 atom stereocenters. The minimum absolute atomic E-state index is 0.00399. The lowest BCUT2D eigenvalue weighted by Gasteiger charge is -2.24. The van der Waals surface area contributed by atoms with E-state index in [1.165, 1.54) is 4.90 Å². The van der Waals surface area contributed by atoms with E-state index in [0.29, 0.717) is 6.54 Å². The average molecular weight is 248 g/mol. The van der Waals surface area contributed by atoms with Crippen molar-refractivity contribution in [2.24, 2.45) is 0 Å². The molecule has 5 heteroatoms. The SMILES string of the molecule is Nc1cccc(CCCN2C(=O)COCC2=O)c1. The molecule has 0 spiro atoms. The van der Waals surface area contributed by atoms with Crippen molar-refractivity contribution in [3.8, 4) is 0 Å². The summed E-state index contributed by atoms with van der Waals surface area (Å²) in [4.78, 5) is 24.2. The van der Waals surface area contributed by atoms with Crippen LogP contribution in [0.3, 0.4) is 0 Å². The van der Waals surface area contributed by atoms with Gasteiger partial charge < -0.3 is 10.5 Å². The van der Waals surface area contributed by atoms with E-state index in [-0.39, 0.29) is 25.0 Å². The quantitative estimate of drug-likeness (QED) is 0.625. The van der Waals surface area contributed by atoms with E-state index in [9.17, 15) is 9.59 Å². The zero-order valence-corrected chi connectivity index (χ0v) is 10.1. The van der Waals surface area contributed by atoms with Gasteiger partial charge in [-0.25, -0.2) is 0 Å². The first-order valence-electron chi connectivity index (χ1n) is 5.92. The molecule has 1 aromatic carbocycles. The molecule has 96 valence electrons. The zero-order chi connectivity index (χ0) is 13.0. The van der Waals surface area contributed by atoms with E-state index < -0.39 is 0 Å². The number of anilines is 1. The van der Waals surface area contributed by atoms with Crippen LogP contribution in [0.25, 0.3) is 0 Å². The highest BCUT2D eigenvalue weighted by molar-refractivity contribution is 5.98. The Labute approximate surface area is 106 Å². The summed E-state index contributed by atoms with van der Waals surface area (Å²) in [7, 11) is 0. The Balaban J connectivity index is 1.84. The van der Waals surface area contributed by atoms with Gasteiger partial charge in [-0.1, -0.05) is 12.1 Å². The first-order chi connectivity index (χ1) is 8.66. The summed E-state index contributed by atoms with van der Waals surface area (Å²) in [5.41, 5.74) is 7.52. The van der Waals surface area contributed by atoms with Gasteiger partial charge in [0.15, 0.2) is 0 Å². The number of aryl methyl sites for hydroxylation is 1. The highest BCUT2D eigenvalue weighted by Crippen LogP contribution is 2.10. The summed E-state index contributed by atoms with van der Waals surface area (Å²) in [6.07, 6.45) is 1.53. The number of carbonyl (C=O) groups excluding carboxylic acids is 2. The Kier molecular flexibility index (Phi) is 3.94. The topological polar surface area (TPSA) is 72.6 Å². The molecule has 0 radical (unpaired) electrons. The van der Waals surface area contributed by atoms with Crippen molar-refractivity contribution in [3.63, 3.8) is 0 Å². The third-order valence-electron chi connectivity index (χ3n) is 2.85. The number of imide groups is 1. The second-order valence-corrected chi connectivity index (χ2v) is 4.28.